The van der Waals surface area contributed by atoms with Gasteiger partial charge < -0.3 is 9.53 Å². The standard InChI is InChI=1S/C7H10O2/c1-7(4-8)5-2-9-3-6(5)7/h4-6H,2-3H2,1H3/t5-,6+,7?. The van der Waals surface area contributed by atoms with Crippen molar-refractivity contribution in [2.75, 3.05) is 13.2 Å². The van der Waals surface area contributed by atoms with Crippen LogP contribution in [0.3, 0.4) is 0 Å². The molecular weight excluding hydrogens is 116 g/mol. The van der Waals surface area contributed by atoms with Gasteiger partial charge in [-0.05, 0) is 0 Å². The van der Waals surface area contributed by atoms with Crippen molar-refractivity contribution in [1.82, 2.24) is 0 Å². The summed E-state index contributed by atoms with van der Waals surface area (Å²) in [4.78, 5) is 10.4. The molecule has 2 aliphatic rings. The molecule has 3 atom stereocenters. The van der Waals surface area contributed by atoms with E-state index >= 15 is 0 Å². The molecule has 50 valence electrons. The van der Waals surface area contributed by atoms with Gasteiger partial charge in [-0.15, -0.1) is 0 Å². The van der Waals surface area contributed by atoms with Gasteiger partial charge in [0.1, 0.15) is 6.29 Å². The van der Waals surface area contributed by atoms with Crippen LogP contribution in [0.15, 0.2) is 0 Å². The SMILES string of the molecule is CC1(C=O)[C@@H]2COC[C@@H]21. The Morgan fingerprint density at radius 2 is 2.11 bits per heavy atom. The second-order valence-electron chi connectivity index (χ2n) is 3.23. The predicted molar refractivity (Wildman–Crippen MR) is 32.0 cm³/mol. The first kappa shape index (κ1) is 5.42. The minimum absolute atomic E-state index is 0.00174. The molecule has 0 N–H and O–H groups in total. The molecule has 2 heteroatoms. The lowest BCUT2D eigenvalue weighted by atomic mass is 10.1. The summed E-state index contributed by atoms with van der Waals surface area (Å²) >= 11 is 0. The van der Waals surface area contributed by atoms with Crippen LogP contribution >= 0.6 is 0 Å². The fraction of sp³-hybridized carbons (Fsp3) is 0.857. The Kier molecular flexibility index (Phi) is 0.826. The molecule has 2 nitrogen and oxygen atoms in total. The molecule has 1 aliphatic carbocycles. The molecular formula is C7H10O2. The third kappa shape index (κ3) is 0.472. The van der Waals surface area contributed by atoms with Crippen molar-refractivity contribution in [3.63, 3.8) is 0 Å². The highest BCUT2D eigenvalue weighted by Gasteiger charge is 2.64. The summed E-state index contributed by atoms with van der Waals surface area (Å²) in [6.07, 6.45) is 1.09. The van der Waals surface area contributed by atoms with Crippen molar-refractivity contribution in [3.8, 4) is 0 Å². The van der Waals surface area contributed by atoms with Crippen LogP contribution in [-0.2, 0) is 9.53 Å². The lowest BCUT2D eigenvalue weighted by Gasteiger charge is -2.04. The maximum Gasteiger partial charge on any atom is 0.126 e. The molecule has 0 amide bonds. The Balaban J connectivity index is 2.15. The summed E-state index contributed by atoms with van der Waals surface area (Å²) in [7, 11) is 0. The minimum atomic E-state index is -0.00174. The largest absolute Gasteiger partial charge is 0.381 e. The Morgan fingerprint density at radius 3 is 2.44 bits per heavy atom. The maximum atomic E-state index is 10.4. The summed E-state index contributed by atoms with van der Waals surface area (Å²) in [5.74, 6) is 1.10. The van der Waals surface area contributed by atoms with Crippen LogP contribution in [0.1, 0.15) is 6.92 Å². The van der Waals surface area contributed by atoms with Gasteiger partial charge in [-0.2, -0.15) is 0 Å². The van der Waals surface area contributed by atoms with Crippen LogP contribution in [0.25, 0.3) is 0 Å². The van der Waals surface area contributed by atoms with Gasteiger partial charge in [0.2, 0.25) is 0 Å². The van der Waals surface area contributed by atoms with Crippen molar-refractivity contribution < 1.29 is 9.53 Å². The Labute approximate surface area is 54.2 Å². The molecule has 0 radical (unpaired) electrons. The number of ether oxygens (including phenoxy) is 1. The number of fused-ring (bicyclic) bond motifs is 1. The van der Waals surface area contributed by atoms with Gasteiger partial charge >= 0.3 is 0 Å². The number of carbonyl (C=O) groups is 1. The van der Waals surface area contributed by atoms with Crippen molar-refractivity contribution in [2.24, 2.45) is 17.3 Å². The molecule has 1 saturated heterocycles. The monoisotopic (exact) mass is 126 g/mol. The first-order valence-electron chi connectivity index (χ1n) is 3.33. The Morgan fingerprint density at radius 1 is 1.56 bits per heavy atom. The van der Waals surface area contributed by atoms with Crippen LogP contribution < -0.4 is 0 Å². The highest BCUT2D eigenvalue weighted by molar-refractivity contribution is 5.65. The average Bonchev–Trinajstić information content (AvgIpc) is 2.39. The molecule has 2 rings (SSSR count). The van der Waals surface area contributed by atoms with Crippen LogP contribution in [0, 0.1) is 17.3 Å². The number of hydrogen-bond donors (Lipinski definition) is 0. The fourth-order valence-corrected chi connectivity index (χ4v) is 1.81. The van der Waals surface area contributed by atoms with Gasteiger partial charge in [0.25, 0.3) is 0 Å². The molecule has 0 aromatic carbocycles. The molecule has 0 bridgehead atoms. The second-order valence-corrected chi connectivity index (χ2v) is 3.23. The van der Waals surface area contributed by atoms with E-state index in [-0.39, 0.29) is 5.41 Å². The van der Waals surface area contributed by atoms with E-state index in [1.54, 1.807) is 0 Å². The number of hydrogen-bond acceptors (Lipinski definition) is 2. The molecule has 2 fully saturated rings. The second kappa shape index (κ2) is 1.37. The van der Waals surface area contributed by atoms with E-state index in [9.17, 15) is 4.79 Å². The third-order valence-corrected chi connectivity index (χ3v) is 2.82. The molecule has 1 heterocycles. The third-order valence-electron chi connectivity index (χ3n) is 2.82. The minimum Gasteiger partial charge on any atom is -0.381 e. The number of carbonyl (C=O) groups excluding carboxylic acids is 1. The highest BCUT2D eigenvalue weighted by atomic mass is 16.5. The summed E-state index contributed by atoms with van der Waals surface area (Å²) in [5.41, 5.74) is -0.00174. The lowest BCUT2D eigenvalue weighted by molar-refractivity contribution is -0.113. The summed E-state index contributed by atoms with van der Waals surface area (Å²) in [5, 5.41) is 0. The zero-order valence-electron chi connectivity index (χ0n) is 5.46. The molecule has 0 spiro atoms. The summed E-state index contributed by atoms with van der Waals surface area (Å²) in [6.45, 7) is 3.64. The number of aldehydes is 1. The fourth-order valence-electron chi connectivity index (χ4n) is 1.81. The Hall–Kier alpha value is -0.370. The van der Waals surface area contributed by atoms with E-state index in [0.717, 1.165) is 19.5 Å². The van der Waals surface area contributed by atoms with Gasteiger partial charge in [-0.25, -0.2) is 0 Å². The first-order chi connectivity index (χ1) is 4.29. The zero-order chi connectivity index (χ0) is 6.48. The van der Waals surface area contributed by atoms with Crippen LogP contribution in [0.5, 0.6) is 0 Å². The molecule has 1 unspecified atom stereocenters. The van der Waals surface area contributed by atoms with Crippen LogP contribution in [0.2, 0.25) is 0 Å². The molecule has 0 aromatic rings. The van der Waals surface area contributed by atoms with E-state index in [0.29, 0.717) is 11.8 Å². The van der Waals surface area contributed by atoms with Gasteiger partial charge in [0, 0.05) is 17.3 Å². The molecule has 1 saturated carbocycles. The average molecular weight is 126 g/mol. The van der Waals surface area contributed by atoms with Crippen molar-refractivity contribution in [2.45, 2.75) is 6.92 Å². The van der Waals surface area contributed by atoms with E-state index in [2.05, 4.69) is 0 Å². The van der Waals surface area contributed by atoms with Gasteiger partial charge in [0.05, 0.1) is 13.2 Å². The summed E-state index contributed by atoms with van der Waals surface area (Å²) < 4.78 is 5.14. The van der Waals surface area contributed by atoms with Gasteiger partial charge in [-0.3, -0.25) is 0 Å². The summed E-state index contributed by atoms with van der Waals surface area (Å²) in [6, 6.07) is 0. The first-order valence-corrected chi connectivity index (χ1v) is 3.33. The van der Waals surface area contributed by atoms with Crippen molar-refractivity contribution >= 4 is 6.29 Å². The van der Waals surface area contributed by atoms with E-state index in [1.165, 1.54) is 0 Å². The van der Waals surface area contributed by atoms with Gasteiger partial charge in [0.15, 0.2) is 0 Å². The normalized spacial score (nSPS) is 54.8. The van der Waals surface area contributed by atoms with E-state index in [4.69, 9.17) is 4.74 Å². The lowest BCUT2D eigenvalue weighted by Crippen LogP contribution is -2.09. The van der Waals surface area contributed by atoms with E-state index in [1.807, 2.05) is 6.92 Å². The predicted octanol–water partition coefficient (Wildman–Crippen LogP) is 0.468. The van der Waals surface area contributed by atoms with Crippen molar-refractivity contribution in [1.29, 1.82) is 0 Å². The highest BCUT2D eigenvalue weighted by Crippen LogP contribution is 2.60. The quantitative estimate of drug-likeness (QED) is 0.477. The maximum absolute atomic E-state index is 10.4. The Bertz CT molecular complexity index is 143. The van der Waals surface area contributed by atoms with E-state index < -0.39 is 0 Å². The topological polar surface area (TPSA) is 26.3 Å². The van der Waals surface area contributed by atoms with Crippen LogP contribution in [-0.4, -0.2) is 19.5 Å². The van der Waals surface area contributed by atoms with Gasteiger partial charge in [-0.1, -0.05) is 6.92 Å². The van der Waals surface area contributed by atoms with Crippen LogP contribution in [0.4, 0.5) is 0 Å². The smallest absolute Gasteiger partial charge is 0.126 e. The molecule has 1 aliphatic heterocycles. The molecule has 0 aromatic heterocycles. The zero-order valence-corrected chi connectivity index (χ0v) is 5.46. The van der Waals surface area contributed by atoms with Crippen molar-refractivity contribution in [3.05, 3.63) is 0 Å². The molecule has 9 heavy (non-hydrogen) atoms. The number of rotatable bonds is 1.